The molecular formula is C20H33FN4O. The lowest BCUT2D eigenvalue weighted by atomic mass is 10.0. The average molecular weight is 365 g/mol. The molecule has 1 aliphatic heterocycles. The van der Waals surface area contributed by atoms with Crippen LogP contribution < -0.4 is 10.6 Å². The summed E-state index contributed by atoms with van der Waals surface area (Å²) >= 11 is 0. The van der Waals surface area contributed by atoms with Gasteiger partial charge in [-0.2, -0.15) is 0 Å². The first-order valence-electron chi connectivity index (χ1n) is 9.62. The van der Waals surface area contributed by atoms with Gasteiger partial charge in [0.2, 0.25) is 0 Å². The monoisotopic (exact) mass is 364 g/mol. The number of morpholine rings is 1. The molecule has 1 fully saturated rings. The van der Waals surface area contributed by atoms with Gasteiger partial charge in [0.15, 0.2) is 5.96 Å². The largest absolute Gasteiger partial charge is 0.379 e. The molecule has 0 amide bonds. The first-order chi connectivity index (χ1) is 12.6. The van der Waals surface area contributed by atoms with Gasteiger partial charge >= 0.3 is 0 Å². The molecule has 2 N–H and O–H groups in total. The van der Waals surface area contributed by atoms with Crippen LogP contribution in [0.3, 0.4) is 0 Å². The molecule has 0 aliphatic carbocycles. The van der Waals surface area contributed by atoms with Crippen LogP contribution in [0.1, 0.15) is 38.3 Å². The third-order valence-corrected chi connectivity index (χ3v) is 4.68. The second kappa shape index (κ2) is 11.1. The van der Waals surface area contributed by atoms with Crippen molar-refractivity contribution in [2.75, 3.05) is 46.4 Å². The number of hydrogen-bond donors (Lipinski definition) is 2. The van der Waals surface area contributed by atoms with E-state index in [-0.39, 0.29) is 11.9 Å². The summed E-state index contributed by atoms with van der Waals surface area (Å²) in [4.78, 5) is 6.71. The first kappa shape index (κ1) is 20.6. The van der Waals surface area contributed by atoms with Crippen molar-refractivity contribution in [1.29, 1.82) is 0 Å². The van der Waals surface area contributed by atoms with Crippen LogP contribution in [0, 0.1) is 11.7 Å². The van der Waals surface area contributed by atoms with E-state index in [2.05, 4.69) is 34.4 Å². The Kier molecular flexibility index (Phi) is 8.85. The number of aliphatic imine (C=N–C) groups is 1. The normalized spacial score (nSPS) is 17.3. The van der Waals surface area contributed by atoms with Gasteiger partial charge in [0, 0.05) is 33.2 Å². The molecule has 1 aliphatic rings. The molecule has 2 rings (SSSR count). The average Bonchev–Trinajstić information content (AvgIpc) is 2.65. The predicted octanol–water partition coefficient (Wildman–Crippen LogP) is 2.80. The van der Waals surface area contributed by atoms with Crippen molar-refractivity contribution in [1.82, 2.24) is 15.5 Å². The zero-order valence-electron chi connectivity index (χ0n) is 16.3. The van der Waals surface area contributed by atoms with Gasteiger partial charge in [-0.05, 0) is 36.5 Å². The third-order valence-electron chi connectivity index (χ3n) is 4.68. The quantitative estimate of drug-likeness (QED) is 0.423. The van der Waals surface area contributed by atoms with Gasteiger partial charge in [0.25, 0.3) is 0 Å². The highest BCUT2D eigenvalue weighted by atomic mass is 19.1. The fourth-order valence-corrected chi connectivity index (χ4v) is 3.16. The standard InChI is InChI=1S/C20H33FN4O/c1-16(2)5-4-10-23-20(22-3)24-15-19(25-11-13-26-14-12-25)17-6-8-18(21)9-7-17/h6-9,16,19H,4-5,10-15H2,1-3H3,(H2,22,23,24). The molecule has 0 bridgehead atoms. The van der Waals surface area contributed by atoms with Crippen LogP contribution in [0.25, 0.3) is 0 Å². The Morgan fingerprint density at radius 3 is 2.50 bits per heavy atom. The number of nitrogens with zero attached hydrogens (tertiary/aromatic N) is 2. The molecule has 1 aromatic rings. The zero-order valence-corrected chi connectivity index (χ0v) is 16.3. The summed E-state index contributed by atoms with van der Waals surface area (Å²) in [6, 6.07) is 6.96. The number of nitrogens with one attached hydrogen (secondary N) is 2. The van der Waals surface area contributed by atoms with Crippen LogP contribution >= 0.6 is 0 Å². The van der Waals surface area contributed by atoms with Crippen molar-refractivity contribution >= 4 is 5.96 Å². The van der Waals surface area contributed by atoms with E-state index in [1.54, 1.807) is 7.05 Å². The second-order valence-electron chi connectivity index (χ2n) is 7.13. The van der Waals surface area contributed by atoms with E-state index in [4.69, 9.17) is 4.74 Å². The number of halogens is 1. The maximum absolute atomic E-state index is 13.3. The highest BCUT2D eigenvalue weighted by molar-refractivity contribution is 5.79. The SMILES string of the molecule is CN=C(NCCCC(C)C)NCC(c1ccc(F)cc1)N1CCOCC1. The molecule has 1 heterocycles. The van der Waals surface area contributed by atoms with Gasteiger partial charge in [-0.1, -0.05) is 26.0 Å². The lowest BCUT2D eigenvalue weighted by Gasteiger charge is -2.35. The Morgan fingerprint density at radius 1 is 1.19 bits per heavy atom. The maximum atomic E-state index is 13.3. The Balaban J connectivity index is 1.93. The molecular weight excluding hydrogens is 331 g/mol. The van der Waals surface area contributed by atoms with Crippen molar-refractivity contribution in [2.24, 2.45) is 10.9 Å². The third kappa shape index (κ3) is 6.92. The van der Waals surface area contributed by atoms with Gasteiger partial charge in [-0.15, -0.1) is 0 Å². The molecule has 26 heavy (non-hydrogen) atoms. The minimum atomic E-state index is -0.204. The van der Waals surface area contributed by atoms with Crippen LogP contribution in [-0.2, 0) is 4.74 Å². The minimum absolute atomic E-state index is 0.161. The fourth-order valence-electron chi connectivity index (χ4n) is 3.16. The summed E-state index contributed by atoms with van der Waals surface area (Å²) in [5.41, 5.74) is 1.11. The topological polar surface area (TPSA) is 48.9 Å². The summed E-state index contributed by atoms with van der Waals surface area (Å²) in [6.07, 6.45) is 2.33. The van der Waals surface area contributed by atoms with Gasteiger partial charge in [0.05, 0.1) is 19.3 Å². The lowest BCUT2D eigenvalue weighted by Crippen LogP contribution is -2.46. The van der Waals surface area contributed by atoms with E-state index in [9.17, 15) is 4.39 Å². The van der Waals surface area contributed by atoms with E-state index in [0.29, 0.717) is 0 Å². The fraction of sp³-hybridized carbons (Fsp3) is 0.650. The zero-order chi connectivity index (χ0) is 18.8. The van der Waals surface area contributed by atoms with Crippen LogP contribution in [0.4, 0.5) is 4.39 Å². The van der Waals surface area contributed by atoms with Crippen LogP contribution in [-0.4, -0.2) is 57.3 Å². The molecule has 0 saturated carbocycles. The molecule has 146 valence electrons. The van der Waals surface area contributed by atoms with E-state index in [1.807, 2.05) is 12.1 Å². The molecule has 6 heteroatoms. The molecule has 0 radical (unpaired) electrons. The first-order valence-corrected chi connectivity index (χ1v) is 9.62. The lowest BCUT2D eigenvalue weighted by molar-refractivity contribution is 0.0170. The van der Waals surface area contributed by atoms with E-state index < -0.39 is 0 Å². The van der Waals surface area contributed by atoms with Crippen molar-refractivity contribution < 1.29 is 9.13 Å². The van der Waals surface area contributed by atoms with Gasteiger partial charge in [-0.3, -0.25) is 9.89 Å². The van der Waals surface area contributed by atoms with Crippen LogP contribution in [0.5, 0.6) is 0 Å². The molecule has 0 spiro atoms. The number of guanidine groups is 1. The smallest absolute Gasteiger partial charge is 0.191 e. The number of rotatable bonds is 8. The van der Waals surface area contributed by atoms with Crippen molar-refractivity contribution in [2.45, 2.75) is 32.7 Å². The molecule has 1 saturated heterocycles. The van der Waals surface area contributed by atoms with Gasteiger partial charge < -0.3 is 15.4 Å². The van der Waals surface area contributed by atoms with E-state index in [1.165, 1.54) is 18.6 Å². The number of hydrogen-bond acceptors (Lipinski definition) is 3. The van der Waals surface area contributed by atoms with E-state index >= 15 is 0 Å². The molecule has 1 atom stereocenters. The highest BCUT2D eigenvalue weighted by Crippen LogP contribution is 2.21. The molecule has 5 nitrogen and oxygen atoms in total. The maximum Gasteiger partial charge on any atom is 0.191 e. The summed E-state index contributed by atoms with van der Waals surface area (Å²) in [5.74, 6) is 1.33. The highest BCUT2D eigenvalue weighted by Gasteiger charge is 2.23. The van der Waals surface area contributed by atoms with Crippen molar-refractivity contribution in [3.63, 3.8) is 0 Å². The molecule has 0 aromatic heterocycles. The van der Waals surface area contributed by atoms with Crippen molar-refractivity contribution in [3.05, 3.63) is 35.6 Å². The summed E-state index contributed by atoms with van der Waals surface area (Å²) in [6.45, 7) is 9.34. The Hall–Kier alpha value is -1.66. The summed E-state index contributed by atoms with van der Waals surface area (Å²) < 4.78 is 18.8. The Labute approximate surface area is 157 Å². The Morgan fingerprint density at radius 2 is 1.88 bits per heavy atom. The van der Waals surface area contributed by atoms with Crippen LogP contribution in [0.2, 0.25) is 0 Å². The van der Waals surface area contributed by atoms with E-state index in [0.717, 1.165) is 63.3 Å². The summed E-state index contributed by atoms with van der Waals surface area (Å²) in [7, 11) is 1.79. The molecule has 1 unspecified atom stereocenters. The summed E-state index contributed by atoms with van der Waals surface area (Å²) in [5, 5.41) is 6.81. The number of ether oxygens (including phenoxy) is 1. The minimum Gasteiger partial charge on any atom is -0.379 e. The van der Waals surface area contributed by atoms with Crippen LogP contribution in [0.15, 0.2) is 29.3 Å². The van der Waals surface area contributed by atoms with Gasteiger partial charge in [-0.25, -0.2) is 4.39 Å². The predicted molar refractivity (Wildman–Crippen MR) is 105 cm³/mol. The van der Waals surface area contributed by atoms with Gasteiger partial charge in [0.1, 0.15) is 5.82 Å². The second-order valence-corrected chi connectivity index (χ2v) is 7.13. The van der Waals surface area contributed by atoms with Crippen molar-refractivity contribution in [3.8, 4) is 0 Å². The number of benzene rings is 1. The molecule has 1 aromatic carbocycles. The Bertz CT molecular complexity index is 541.